The van der Waals surface area contributed by atoms with Crippen LogP contribution in [0, 0.1) is 5.82 Å². The molecule has 6 nitrogen and oxygen atoms in total. The summed E-state index contributed by atoms with van der Waals surface area (Å²) in [5, 5.41) is 2.94. The molecule has 4 aromatic rings. The quantitative estimate of drug-likeness (QED) is 0.527. The molecule has 0 aliphatic rings. The Kier molecular flexibility index (Phi) is 4.62. The van der Waals surface area contributed by atoms with E-state index >= 15 is 0 Å². The Morgan fingerprint density at radius 2 is 1.39 bits per heavy atom. The van der Waals surface area contributed by atoms with E-state index in [-0.39, 0.29) is 16.5 Å². The molecular weight excluding hydrogens is 379 g/mol. The van der Waals surface area contributed by atoms with E-state index in [2.05, 4.69) is 20.0 Å². The summed E-state index contributed by atoms with van der Waals surface area (Å²) < 4.78 is 41.5. The molecule has 0 spiro atoms. The second-order valence-electron chi connectivity index (χ2n) is 5.96. The SMILES string of the molecule is O=S(=O)(Nc1nc2ccccc2nc1Nc1cccc(F)c1)c1ccccc1. The summed E-state index contributed by atoms with van der Waals surface area (Å²) in [4.78, 5) is 8.95. The molecular formula is C20H15FN4O2S. The Morgan fingerprint density at radius 3 is 2.07 bits per heavy atom. The van der Waals surface area contributed by atoms with Crippen LogP contribution in [0.15, 0.2) is 83.8 Å². The van der Waals surface area contributed by atoms with E-state index < -0.39 is 15.8 Å². The lowest BCUT2D eigenvalue weighted by molar-refractivity contribution is 0.601. The maximum Gasteiger partial charge on any atom is 0.263 e. The van der Waals surface area contributed by atoms with E-state index in [9.17, 15) is 12.8 Å². The van der Waals surface area contributed by atoms with Crippen LogP contribution in [-0.2, 0) is 10.0 Å². The average Bonchev–Trinajstić information content (AvgIpc) is 2.69. The molecule has 4 rings (SSSR count). The van der Waals surface area contributed by atoms with Gasteiger partial charge in [0.25, 0.3) is 10.0 Å². The van der Waals surface area contributed by atoms with E-state index in [0.717, 1.165) is 0 Å². The van der Waals surface area contributed by atoms with Crippen LogP contribution >= 0.6 is 0 Å². The molecule has 0 aliphatic carbocycles. The molecule has 0 radical (unpaired) electrons. The summed E-state index contributed by atoms with van der Waals surface area (Å²) in [5.41, 5.74) is 1.52. The summed E-state index contributed by atoms with van der Waals surface area (Å²) in [5.74, 6) is -0.235. The van der Waals surface area contributed by atoms with Crippen LogP contribution in [0.4, 0.5) is 21.7 Å². The van der Waals surface area contributed by atoms with Gasteiger partial charge in [-0.3, -0.25) is 4.72 Å². The third-order valence-corrected chi connectivity index (χ3v) is 5.30. The van der Waals surface area contributed by atoms with Gasteiger partial charge in [0, 0.05) is 5.69 Å². The summed E-state index contributed by atoms with van der Waals surface area (Å²) >= 11 is 0. The largest absolute Gasteiger partial charge is 0.337 e. The first-order chi connectivity index (χ1) is 13.5. The molecule has 2 N–H and O–H groups in total. The van der Waals surface area contributed by atoms with Crippen molar-refractivity contribution in [2.24, 2.45) is 0 Å². The summed E-state index contributed by atoms with van der Waals surface area (Å²) in [6.07, 6.45) is 0. The minimum atomic E-state index is -3.87. The second kappa shape index (κ2) is 7.24. The number of sulfonamides is 1. The van der Waals surface area contributed by atoms with Crippen LogP contribution in [0.3, 0.4) is 0 Å². The minimum Gasteiger partial charge on any atom is -0.337 e. The lowest BCUT2D eigenvalue weighted by atomic mass is 10.3. The zero-order valence-electron chi connectivity index (χ0n) is 14.5. The van der Waals surface area contributed by atoms with Crippen molar-refractivity contribution < 1.29 is 12.8 Å². The Hall–Kier alpha value is -3.52. The van der Waals surface area contributed by atoms with Crippen LogP contribution in [0.25, 0.3) is 11.0 Å². The van der Waals surface area contributed by atoms with Crippen molar-refractivity contribution in [2.45, 2.75) is 4.90 Å². The predicted molar refractivity (Wildman–Crippen MR) is 106 cm³/mol. The van der Waals surface area contributed by atoms with Crippen molar-refractivity contribution in [2.75, 3.05) is 10.0 Å². The summed E-state index contributed by atoms with van der Waals surface area (Å²) in [7, 11) is -3.87. The highest BCUT2D eigenvalue weighted by Gasteiger charge is 2.18. The Bertz CT molecular complexity index is 1250. The molecule has 0 saturated heterocycles. The molecule has 28 heavy (non-hydrogen) atoms. The van der Waals surface area contributed by atoms with Crippen molar-refractivity contribution in [3.05, 3.63) is 84.7 Å². The minimum absolute atomic E-state index is 0.0202. The number of para-hydroxylation sites is 2. The van der Waals surface area contributed by atoms with Gasteiger partial charge in [0.15, 0.2) is 11.6 Å². The van der Waals surface area contributed by atoms with Crippen molar-refractivity contribution in [3.63, 3.8) is 0 Å². The summed E-state index contributed by atoms with van der Waals surface area (Å²) in [6.45, 7) is 0. The standard InChI is InChI=1S/C20H15FN4O2S/c21-14-7-6-8-15(13-14)22-19-20(24-18-12-5-4-11-17(18)23-19)25-28(26,27)16-9-2-1-3-10-16/h1-13H,(H,22,23)(H,24,25). The number of nitrogens with one attached hydrogen (secondary N) is 2. The number of aromatic nitrogens is 2. The van der Waals surface area contributed by atoms with Gasteiger partial charge >= 0.3 is 0 Å². The fourth-order valence-corrected chi connectivity index (χ4v) is 3.68. The van der Waals surface area contributed by atoms with Gasteiger partial charge in [0.05, 0.1) is 15.9 Å². The van der Waals surface area contributed by atoms with Crippen LogP contribution in [-0.4, -0.2) is 18.4 Å². The molecule has 8 heteroatoms. The Balaban J connectivity index is 1.79. The first-order valence-corrected chi connectivity index (χ1v) is 9.87. The van der Waals surface area contributed by atoms with E-state index in [1.54, 1.807) is 54.6 Å². The normalized spacial score (nSPS) is 11.3. The molecule has 1 heterocycles. The number of halogens is 1. The molecule has 0 aliphatic heterocycles. The number of benzene rings is 3. The van der Waals surface area contributed by atoms with Gasteiger partial charge in [0.2, 0.25) is 0 Å². The molecule has 0 saturated carbocycles. The van der Waals surface area contributed by atoms with Gasteiger partial charge in [-0.1, -0.05) is 36.4 Å². The number of nitrogens with zero attached hydrogens (tertiary/aromatic N) is 2. The van der Waals surface area contributed by atoms with Gasteiger partial charge in [-0.2, -0.15) is 0 Å². The van der Waals surface area contributed by atoms with Crippen molar-refractivity contribution in [1.82, 2.24) is 9.97 Å². The molecule has 3 aromatic carbocycles. The van der Waals surface area contributed by atoms with Crippen molar-refractivity contribution in [3.8, 4) is 0 Å². The molecule has 0 fully saturated rings. The van der Waals surface area contributed by atoms with E-state index in [4.69, 9.17) is 0 Å². The number of hydrogen-bond donors (Lipinski definition) is 2. The number of anilines is 3. The van der Waals surface area contributed by atoms with E-state index in [1.165, 1.54) is 24.3 Å². The molecule has 0 amide bonds. The van der Waals surface area contributed by atoms with Gasteiger partial charge in [-0.15, -0.1) is 0 Å². The topological polar surface area (TPSA) is 84.0 Å². The lowest BCUT2D eigenvalue weighted by Gasteiger charge is -2.14. The maximum absolute atomic E-state index is 13.5. The third-order valence-electron chi connectivity index (χ3n) is 3.94. The highest BCUT2D eigenvalue weighted by Crippen LogP contribution is 2.27. The smallest absolute Gasteiger partial charge is 0.263 e. The zero-order valence-corrected chi connectivity index (χ0v) is 15.3. The van der Waals surface area contributed by atoms with Gasteiger partial charge in [0.1, 0.15) is 5.82 Å². The summed E-state index contributed by atoms with van der Waals surface area (Å²) in [6, 6.07) is 20.8. The Labute approximate surface area is 161 Å². The number of rotatable bonds is 5. The van der Waals surface area contributed by atoms with Crippen LogP contribution < -0.4 is 10.0 Å². The molecule has 0 bridgehead atoms. The number of fused-ring (bicyclic) bond motifs is 1. The first-order valence-electron chi connectivity index (χ1n) is 8.38. The third kappa shape index (κ3) is 3.77. The number of hydrogen-bond acceptors (Lipinski definition) is 5. The van der Waals surface area contributed by atoms with Gasteiger partial charge in [-0.25, -0.2) is 22.8 Å². The molecule has 140 valence electrons. The molecule has 0 atom stereocenters. The van der Waals surface area contributed by atoms with E-state index in [1.807, 2.05) is 0 Å². The van der Waals surface area contributed by atoms with Crippen molar-refractivity contribution >= 4 is 38.4 Å². The van der Waals surface area contributed by atoms with Gasteiger partial charge in [-0.05, 0) is 42.5 Å². The fraction of sp³-hybridized carbons (Fsp3) is 0. The second-order valence-corrected chi connectivity index (χ2v) is 7.65. The highest BCUT2D eigenvalue weighted by molar-refractivity contribution is 7.92. The molecule has 0 unspecified atom stereocenters. The first kappa shape index (κ1) is 17.9. The Morgan fingerprint density at radius 1 is 0.750 bits per heavy atom. The fourth-order valence-electron chi connectivity index (χ4n) is 2.65. The predicted octanol–water partition coefficient (Wildman–Crippen LogP) is 4.31. The lowest BCUT2D eigenvalue weighted by Crippen LogP contribution is -2.16. The van der Waals surface area contributed by atoms with Crippen LogP contribution in [0.1, 0.15) is 0 Å². The monoisotopic (exact) mass is 394 g/mol. The average molecular weight is 394 g/mol. The molecule has 1 aromatic heterocycles. The van der Waals surface area contributed by atoms with Crippen LogP contribution in [0.5, 0.6) is 0 Å². The van der Waals surface area contributed by atoms with Crippen molar-refractivity contribution in [1.29, 1.82) is 0 Å². The van der Waals surface area contributed by atoms with Crippen LogP contribution in [0.2, 0.25) is 0 Å². The maximum atomic E-state index is 13.5. The zero-order chi connectivity index (χ0) is 19.6. The van der Waals surface area contributed by atoms with E-state index in [0.29, 0.717) is 16.7 Å². The van der Waals surface area contributed by atoms with Gasteiger partial charge < -0.3 is 5.32 Å². The highest BCUT2D eigenvalue weighted by atomic mass is 32.2.